The number of carbonyl (C=O) groups excluding carboxylic acids is 2. The van der Waals surface area contributed by atoms with E-state index in [0.717, 1.165) is 37.2 Å². The molecule has 2 aromatic rings. The lowest BCUT2D eigenvalue weighted by Crippen LogP contribution is -2.24. The van der Waals surface area contributed by atoms with Crippen LogP contribution in [0.3, 0.4) is 0 Å². The van der Waals surface area contributed by atoms with Gasteiger partial charge in [0.15, 0.2) is 5.13 Å². The maximum Gasteiger partial charge on any atom is 0.325 e. The molecule has 25 heavy (non-hydrogen) atoms. The summed E-state index contributed by atoms with van der Waals surface area (Å²) >= 11 is 1.35. The minimum atomic E-state index is -0.333. The SMILES string of the molecule is CCCCCNC(=O)CCc1csc(NC(=O)Nc2ccccc2)n1. The number of urea groups is 1. The molecule has 0 atom stereocenters. The van der Waals surface area contributed by atoms with E-state index in [0.29, 0.717) is 18.0 Å². The molecule has 134 valence electrons. The standard InChI is InChI=1S/C18H24N4O2S/c1-2-3-7-12-19-16(23)11-10-15-13-25-18(21-15)22-17(24)20-14-8-5-4-6-9-14/h4-6,8-9,13H,2-3,7,10-12H2,1H3,(H,19,23)(H2,20,21,22,24). The number of rotatable bonds is 9. The molecule has 2 rings (SSSR count). The number of nitrogens with one attached hydrogen (secondary N) is 3. The van der Waals surface area contributed by atoms with Crippen molar-refractivity contribution < 1.29 is 9.59 Å². The summed E-state index contributed by atoms with van der Waals surface area (Å²) in [7, 11) is 0. The Labute approximate surface area is 152 Å². The quantitative estimate of drug-likeness (QED) is 0.591. The topological polar surface area (TPSA) is 83.1 Å². The number of aromatic nitrogens is 1. The van der Waals surface area contributed by atoms with E-state index in [1.54, 1.807) is 0 Å². The number of nitrogens with zero attached hydrogens (tertiary/aromatic N) is 1. The van der Waals surface area contributed by atoms with Crippen LogP contribution in [0.5, 0.6) is 0 Å². The van der Waals surface area contributed by atoms with Gasteiger partial charge in [-0.3, -0.25) is 10.1 Å². The first-order valence-electron chi connectivity index (χ1n) is 8.51. The molecule has 7 heteroatoms. The molecule has 6 nitrogen and oxygen atoms in total. The Bertz CT molecular complexity index is 673. The predicted octanol–water partition coefficient (Wildman–Crippen LogP) is 4.03. The van der Waals surface area contributed by atoms with Crippen molar-refractivity contribution in [1.82, 2.24) is 10.3 Å². The first-order valence-corrected chi connectivity index (χ1v) is 9.39. The molecule has 0 aliphatic rings. The minimum absolute atomic E-state index is 0.0421. The average molecular weight is 360 g/mol. The molecular formula is C18H24N4O2S. The summed E-state index contributed by atoms with van der Waals surface area (Å²) in [5.74, 6) is 0.0421. The second-order valence-corrected chi connectivity index (χ2v) is 6.50. The van der Waals surface area contributed by atoms with E-state index >= 15 is 0 Å². The maximum absolute atomic E-state index is 11.9. The van der Waals surface area contributed by atoms with Gasteiger partial charge in [0.2, 0.25) is 5.91 Å². The van der Waals surface area contributed by atoms with Gasteiger partial charge in [0.25, 0.3) is 0 Å². The molecule has 0 bridgehead atoms. The monoisotopic (exact) mass is 360 g/mol. The normalized spacial score (nSPS) is 10.3. The Hall–Kier alpha value is -2.41. The molecule has 3 amide bonds. The highest BCUT2D eigenvalue weighted by Gasteiger charge is 2.08. The second kappa shape index (κ2) is 10.5. The van der Waals surface area contributed by atoms with Crippen LogP contribution in [0, 0.1) is 0 Å². The van der Waals surface area contributed by atoms with Gasteiger partial charge in [0.1, 0.15) is 0 Å². The van der Waals surface area contributed by atoms with E-state index in [1.807, 2.05) is 35.7 Å². The fourth-order valence-corrected chi connectivity index (χ4v) is 2.93. The molecule has 0 saturated heterocycles. The van der Waals surface area contributed by atoms with E-state index in [1.165, 1.54) is 11.3 Å². The molecule has 0 aliphatic heterocycles. The minimum Gasteiger partial charge on any atom is -0.356 e. The highest BCUT2D eigenvalue weighted by Crippen LogP contribution is 2.17. The van der Waals surface area contributed by atoms with Gasteiger partial charge >= 0.3 is 6.03 Å². The molecule has 0 fully saturated rings. The number of para-hydroxylation sites is 1. The summed E-state index contributed by atoms with van der Waals surface area (Å²) in [5.41, 5.74) is 1.53. The van der Waals surface area contributed by atoms with Crippen LogP contribution in [0.4, 0.5) is 15.6 Å². The van der Waals surface area contributed by atoms with Crippen molar-refractivity contribution in [2.24, 2.45) is 0 Å². The lowest BCUT2D eigenvalue weighted by molar-refractivity contribution is -0.121. The predicted molar refractivity (Wildman–Crippen MR) is 102 cm³/mol. The number of amides is 3. The lowest BCUT2D eigenvalue weighted by atomic mass is 10.2. The number of hydrogen-bond donors (Lipinski definition) is 3. The van der Waals surface area contributed by atoms with Crippen LogP contribution < -0.4 is 16.0 Å². The second-order valence-electron chi connectivity index (χ2n) is 5.65. The van der Waals surface area contributed by atoms with Gasteiger partial charge in [-0.15, -0.1) is 11.3 Å². The number of benzene rings is 1. The first kappa shape index (κ1) is 18.9. The van der Waals surface area contributed by atoms with Crippen molar-refractivity contribution >= 4 is 34.1 Å². The fraction of sp³-hybridized carbons (Fsp3) is 0.389. The third-order valence-corrected chi connectivity index (χ3v) is 4.32. The van der Waals surface area contributed by atoms with Crippen molar-refractivity contribution in [2.45, 2.75) is 39.0 Å². The van der Waals surface area contributed by atoms with Crippen LogP contribution in [0.1, 0.15) is 38.3 Å². The molecule has 0 saturated carbocycles. The van der Waals surface area contributed by atoms with Gasteiger partial charge in [-0.1, -0.05) is 38.0 Å². The Morgan fingerprint density at radius 1 is 1.12 bits per heavy atom. The van der Waals surface area contributed by atoms with Crippen LogP contribution in [0.2, 0.25) is 0 Å². The van der Waals surface area contributed by atoms with E-state index in [4.69, 9.17) is 0 Å². The fourth-order valence-electron chi connectivity index (χ4n) is 2.19. The zero-order chi connectivity index (χ0) is 17.9. The smallest absolute Gasteiger partial charge is 0.325 e. The zero-order valence-corrected chi connectivity index (χ0v) is 15.2. The van der Waals surface area contributed by atoms with Gasteiger partial charge in [-0.05, 0) is 25.0 Å². The van der Waals surface area contributed by atoms with E-state index in [2.05, 4.69) is 27.9 Å². The largest absolute Gasteiger partial charge is 0.356 e. The van der Waals surface area contributed by atoms with E-state index < -0.39 is 0 Å². The van der Waals surface area contributed by atoms with Crippen molar-refractivity contribution in [1.29, 1.82) is 0 Å². The first-order chi connectivity index (χ1) is 12.2. The van der Waals surface area contributed by atoms with E-state index in [9.17, 15) is 9.59 Å². The number of carbonyl (C=O) groups is 2. The third kappa shape index (κ3) is 7.34. The van der Waals surface area contributed by atoms with E-state index in [-0.39, 0.29) is 11.9 Å². The summed E-state index contributed by atoms with van der Waals surface area (Å²) in [5, 5.41) is 10.7. The van der Waals surface area contributed by atoms with Crippen LogP contribution in [0.25, 0.3) is 0 Å². The Balaban J connectivity index is 1.70. The van der Waals surface area contributed by atoms with Crippen molar-refractivity contribution in [3.05, 3.63) is 41.4 Å². The zero-order valence-electron chi connectivity index (χ0n) is 14.4. The summed E-state index contributed by atoms with van der Waals surface area (Å²) in [6, 6.07) is 8.88. The average Bonchev–Trinajstić information content (AvgIpc) is 3.05. The highest BCUT2D eigenvalue weighted by molar-refractivity contribution is 7.13. The summed E-state index contributed by atoms with van der Waals surface area (Å²) in [4.78, 5) is 28.0. The summed E-state index contributed by atoms with van der Waals surface area (Å²) < 4.78 is 0. The Morgan fingerprint density at radius 3 is 2.68 bits per heavy atom. The molecule has 1 aromatic heterocycles. The Kier molecular flexibility index (Phi) is 7.91. The molecule has 3 N–H and O–H groups in total. The van der Waals surface area contributed by atoms with Crippen molar-refractivity contribution in [3.63, 3.8) is 0 Å². The van der Waals surface area contributed by atoms with Gasteiger partial charge in [-0.2, -0.15) is 0 Å². The number of aryl methyl sites for hydroxylation is 1. The number of unbranched alkanes of at least 4 members (excludes halogenated alkanes) is 2. The lowest BCUT2D eigenvalue weighted by Gasteiger charge is -2.05. The van der Waals surface area contributed by atoms with Gasteiger partial charge in [0, 0.05) is 24.0 Å². The molecule has 0 unspecified atom stereocenters. The third-order valence-electron chi connectivity index (χ3n) is 3.51. The van der Waals surface area contributed by atoms with Gasteiger partial charge in [-0.25, -0.2) is 9.78 Å². The van der Waals surface area contributed by atoms with Gasteiger partial charge in [0.05, 0.1) is 5.69 Å². The number of thiazole rings is 1. The van der Waals surface area contributed by atoms with Crippen LogP contribution in [-0.4, -0.2) is 23.5 Å². The van der Waals surface area contributed by atoms with Crippen LogP contribution in [0.15, 0.2) is 35.7 Å². The molecule has 0 spiro atoms. The van der Waals surface area contributed by atoms with Gasteiger partial charge < -0.3 is 10.6 Å². The van der Waals surface area contributed by atoms with Crippen LogP contribution >= 0.6 is 11.3 Å². The van der Waals surface area contributed by atoms with Crippen molar-refractivity contribution in [3.8, 4) is 0 Å². The van der Waals surface area contributed by atoms with Crippen molar-refractivity contribution in [2.75, 3.05) is 17.2 Å². The Morgan fingerprint density at radius 2 is 1.92 bits per heavy atom. The maximum atomic E-state index is 11.9. The molecule has 1 heterocycles. The molecule has 1 aromatic carbocycles. The highest BCUT2D eigenvalue weighted by atomic mass is 32.1. The molecular weight excluding hydrogens is 336 g/mol. The molecule has 0 aliphatic carbocycles. The number of hydrogen-bond acceptors (Lipinski definition) is 4. The van der Waals surface area contributed by atoms with Crippen LogP contribution in [-0.2, 0) is 11.2 Å². The summed E-state index contributed by atoms with van der Waals surface area (Å²) in [6.45, 7) is 2.87. The summed E-state index contributed by atoms with van der Waals surface area (Å²) in [6.07, 6.45) is 4.27. The molecule has 0 radical (unpaired) electrons. The number of anilines is 2.